The Labute approximate surface area is 125 Å². The molecule has 0 spiro atoms. The second kappa shape index (κ2) is 5.82. The summed E-state index contributed by atoms with van der Waals surface area (Å²) >= 11 is 5.25. The first-order valence-electron chi connectivity index (χ1n) is 5.66. The summed E-state index contributed by atoms with van der Waals surface area (Å²) in [6.07, 6.45) is 0.966. The lowest BCUT2D eigenvalue weighted by atomic mass is 10.2. The van der Waals surface area contributed by atoms with Gasteiger partial charge in [-0.25, -0.2) is 0 Å². The van der Waals surface area contributed by atoms with Crippen molar-refractivity contribution in [3.63, 3.8) is 0 Å². The molecule has 1 unspecified atom stereocenters. The van der Waals surface area contributed by atoms with Gasteiger partial charge in [-0.3, -0.25) is 10.1 Å². The second-order valence-corrected chi connectivity index (χ2v) is 6.23. The highest BCUT2D eigenvalue weighted by Crippen LogP contribution is 2.31. The van der Waals surface area contributed by atoms with E-state index in [1.807, 2.05) is 17.0 Å². The van der Waals surface area contributed by atoms with E-state index in [2.05, 4.69) is 27.3 Å². The fourth-order valence-corrected chi connectivity index (χ4v) is 3.61. The van der Waals surface area contributed by atoms with E-state index in [-0.39, 0.29) is 24.4 Å². The molecule has 1 aromatic rings. The highest BCUT2D eigenvalue weighted by molar-refractivity contribution is 9.10. The zero-order valence-electron chi connectivity index (χ0n) is 9.69. The molecule has 1 amide bonds. The topological polar surface area (TPSA) is 32.3 Å². The first-order valence-corrected chi connectivity index (χ1v) is 7.61. The zero-order chi connectivity index (χ0) is 11.8. The van der Waals surface area contributed by atoms with Crippen LogP contribution in [0.25, 0.3) is 0 Å². The summed E-state index contributed by atoms with van der Waals surface area (Å²) in [7, 11) is 0. The minimum atomic E-state index is -0.00932. The third-order valence-electron chi connectivity index (χ3n) is 3.22. The number of nitrogens with one attached hydrogen (secondary N) is 1. The number of amides is 1. The van der Waals surface area contributed by atoms with Gasteiger partial charge in [0.05, 0.1) is 6.04 Å². The van der Waals surface area contributed by atoms with Gasteiger partial charge < -0.3 is 4.90 Å². The largest absolute Gasteiger partial charge is 0.310 e. The van der Waals surface area contributed by atoms with Gasteiger partial charge in [-0.2, -0.15) is 0 Å². The van der Waals surface area contributed by atoms with E-state index in [0.29, 0.717) is 0 Å². The van der Waals surface area contributed by atoms with Crippen LogP contribution in [-0.4, -0.2) is 30.1 Å². The van der Waals surface area contributed by atoms with Gasteiger partial charge in [0.2, 0.25) is 5.91 Å². The second-order valence-electron chi connectivity index (χ2n) is 4.28. The SMILES string of the molecule is Cl.O=C(C1CSCN1)N1CCc2ccc(Br)cc21. The quantitative estimate of drug-likeness (QED) is 0.845. The van der Waals surface area contributed by atoms with E-state index in [9.17, 15) is 4.79 Å². The smallest absolute Gasteiger partial charge is 0.245 e. The molecule has 0 radical (unpaired) electrons. The molecule has 6 heteroatoms. The molecule has 98 valence electrons. The van der Waals surface area contributed by atoms with Crippen LogP contribution in [0.1, 0.15) is 5.56 Å². The number of anilines is 1. The Morgan fingerprint density at radius 2 is 2.33 bits per heavy atom. The third kappa shape index (κ3) is 2.54. The van der Waals surface area contributed by atoms with E-state index in [0.717, 1.165) is 34.8 Å². The first-order chi connectivity index (χ1) is 8.25. The van der Waals surface area contributed by atoms with Gasteiger partial charge in [0.1, 0.15) is 0 Å². The van der Waals surface area contributed by atoms with Crippen LogP contribution in [0.4, 0.5) is 5.69 Å². The Balaban J connectivity index is 0.00000120. The number of benzene rings is 1. The van der Waals surface area contributed by atoms with Gasteiger partial charge in [0, 0.05) is 28.3 Å². The molecule has 2 heterocycles. The highest BCUT2D eigenvalue weighted by atomic mass is 79.9. The number of halogens is 2. The Morgan fingerprint density at radius 3 is 3.06 bits per heavy atom. The fraction of sp³-hybridized carbons (Fsp3) is 0.417. The molecule has 3 rings (SSSR count). The van der Waals surface area contributed by atoms with E-state index in [1.54, 1.807) is 11.8 Å². The monoisotopic (exact) mass is 348 g/mol. The standard InChI is InChI=1S/C12H13BrN2OS.ClH/c13-9-2-1-8-3-4-15(11(8)5-9)12(16)10-6-17-7-14-10;/h1-2,5,10,14H,3-4,6-7H2;1H. The van der Waals surface area contributed by atoms with Crippen molar-refractivity contribution in [2.24, 2.45) is 0 Å². The van der Waals surface area contributed by atoms with E-state index in [1.165, 1.54) is 5.56 Å². The predicted octanol–water partition coefficient (Wildman–Crippen LogP) is 2.42. The summed E-state index contributed by atoms with van der Waals surface area (Å²) in [5.74, 6) is 1.99. The van der Waals surface area contributed by atoms with Crippen molar-refractivity contribution in [2.75, 3.05) is 23.1 Å². The van der Waals surface area contributed by atoms with Crippen LogP contribution in [0.3, 0.4) is 0 Å². The van der Waals surface area contributed by atoms with E-state index >= 15 is 0 Å². The predicted molar refractivity (Wildman–Crippen MR) is 81.7 cm³/mol. The molecular weight excluding hydrogens is 336 g/mol. The molecule has 1 fully saturated rings. The van der Waals surface area contributed by atoms with Crippen LogP contribution >= 0.6 is 40.1 Å². The maximum absolute atomic E-state index is 12.4. The number of nitrogens with zero attached hydrogens (tertiary/aromatic N) is 1. The third-order valence-corrected chi connectivity index (χ3v) is 4.66. The fourth-order valence-electron chi connectivity index (χ4n) is 2.32. The molecule has 0 saturated carbocycles. The van der Waals surface area contributed by atoms with Crippen molar-refractivity contribution >= 4 is 51.7 Å². The van der Waals surface area contributed by atoms with Crippen LogP contribution in [-0.2, 0) is 11.2 Å². The highest BCUT2D eigenvalue weighted by Gasteiger charge is 2.31. The molecule has 1 N–H and O–H groups in total. The van der Waals surface area contributed by atoms with Gasteiger partial charge >= 0.3 is 0 Å². The minimum Gasteiger partial charge on any atom is -0.310 e. The minimum absolute atomic E-state index is 0. The first kappa shape index (κ1) is 14.2. The Kier molecular flexibility index (Phi) is 4.59. The molecule has 0 bridgehead atoms. The number of carbonyl (C=O) groups is 1. The summed E-state index contributed by atoms with van der Waals surface area (Å²) in [6.45, 7) is 0.813. The number of rotatable bonds is 1. The van der Waals surface area contributed by atoms with E-state index < -0.39 is 0 Å². The van der Waals surface area contributed by atoms with Gasteiger partial charge in [0.15, 0.2) is 0 Å². The van der Waals surface area contributed by atoms with Crippen molar-refractivity contribution in [2.45, 2.75) is 12.5 Å². The lowest BCUT2D eigenvalue weighted by Crippen LogP contribution is -2.44. The Morgan fingerprint density at radius 1 is 1.50 bits per heavy atom. The average molecular weight is 350 g/mol. The Hall–Kier alpha value is -0.230. The molecule has 0 aliphatic carbocycles. The van der Waals surface area contributed by atoms with E-state index in [4.69, 9.17) is 0 Å². The maximum Gasteiger partial charge on any atom is 0.245 e. The van der Waals surface area contributed by atoms with Crippen LogP contribution in [0, 0.1) is 0 Å². The molecule has 3 nitrogen and oxygen atoms in total. The van der Waals surface area contributed by atoms with Crippen molar-refractivity contribution in [3.05, 3.63) is 28.2 Å². The summed E-state index contributed by atoms with van der Waals surface area (Å²) in [6, 6.07) is 6.17. The average Bonchev–Trinajstić information content (AvgIpc) is 2.97. The molecular formula is C12H14BrClN2OS. The molecule has 18 heavy (non-hydrogen) atoms. The van der Waals surface area contributed by atoms with Gasteiger partial charge in [-0.1, -0.05) is 22.0 Å². The number of hydrogen-bond acceptors (Lipinski definition) is 3. The van der Waals surface area contributed by atoms with Crippen LogP contribution in [0.5, 0.6) is 0 Å². The Bertz CT molecular complexity index is 465. The molecule has 1 atom stereocenters. The number of thioether (sulfide) groups is 1. The summed E-state index contributed by atoms with van der Waals surface area (Å²) < 4.78 is 1.03. The lowest BCUT2D eigenvalue weighted by Gasteiger charge is -2.21. The number of fused-ring (bicyclic) bond motifs is 1. The van der Waals surface area contributed by atoms with Crippen molar-refractivity contribution in [1.82, 2.24) is 5.32 Å². The maximum atomic E-state index is 12.4. The molecule has 2 aliphatic rings. The molecule has 2 aliphatic heterocycles. The van der Waals surface area contributed by atoms with Crippen molar-refractivity contribution in [1.29, 1.82) is 0 Å². The van der Waals surface area contributed by atoms with Crippen LogP contribution in [0.2, 0.25) is 0 Å². The van der Waals surface area contributed by atoms with Gasteiger partial charge in [-0.05, 0) is 24.1 Å². The summed E-state index contributed by atoms with van der Waals surface area (Å²) in [5.41, 5.74) is 2.34. The zero-order valence-corrected chi connectivity index (χ0v) is 12.9. The number of carbonyl (C=O) groups excluding carboxylic acids is 1. The molecule has 0 aromatic heterocycles. The van der Waals surface area contributed by atoms with Gasteiger partial charge in [0.25, 0.3) is 0 Å². The summed E-state index contributed by atoms with van der Waals surface area (Å²) in [4.78, 5) is 14.3. The van der Waals surface area contributed by atoms with Crippen molar-refractivity contribution < 1.29 is 4.79 Å². The lowest BCUT2D eigenvalue weighted by molar-refractivity contribution is -0.119. The number of hydrogen-bond donors (Lipinski definition) is 1. The van der Waals surface area contributed by atoms with Crippen LogP contribution < -0.4 is 10.2 Å². The summed E-state index contributed by atoms with van der Waals surface area (Å²) in [5, 5.41) is 3.24. The normalized spacial score (nSPS) is 21.6. The molecule has 1 saturated heterocycles. The van der Waals surface area contributed by atoms with Crippen molar-refractivity contribution in [3.8, 4) is 0 Å². The van der Waals surface area contributed by atoms with Gasteiger partial charge in [-0.15, -0.1) is 24.2 Å². The van der Waals surface area contributed by atoms with Crippen LogP contribution in [0.15, 0.2) is 22.7 Å². The molecule has 1 aromatic carbocycles.